The van der Waals surface area contributed by atoms with Crippen LogP contribution in [0.5, 0.6) is 0 Å². The first-order chi connectivity index (χ1) is 6.29. The van der Waals surface area contributed by atoms with Crippen LogP contribution in [-0.2, 0) is 0 Å². The highest BCUT2D eigenvalue weighted by Crippen LogP contribution is 2.36. The fraction of sp³-hybridized carbons (Fsp3) is 1.00. The molecule has 0 aromatic heterocycles. The van der Waals surface area contributed by atoms with Gasteiger partial charge in [0.05, 0.1) is 0 Å². The van der Waals surface area contributed by atoms with E-state index < -0.39 is 7.58 Å². The highest BCUT2D eigenvalue weighted by molar-refractivity contribution is 7.32. The lowest BCUT2D eigenvalue weighted by atomic mass is 9.79. The Hall–Kier alpha value is 0.757. The van der Waals surface area contributed by atoms with Gasteiger partial charge in [-0.15, -0.1) is 22.2 Å². The quantitative estimate of drug-likeness (QED) is 0.501. The molecule has 0 spiro atoms. The van der Waals surface area contributed by atoms with Crippen molar-refractivity contribution in [2.45, 2.75) is 44.6 Å². The van der Waals surface area contributed by atoms with Gasteiger partial charge in [0.15, 0.2) is 0 Å². The minimum Gasteiger partial charge on any atom is -0.299 e. The number of rotatable bonds is 1. The van der Waals surface area contributed by atoms with E-state index in [1.165, 1.54) is 38.5 Å². The van der Waals surface area contributed by atoms with Gasteiger partial charge in [-0.1, -0.05) is 12.8 Å². The number of nitrogens with zero attached hydrogens (tertiary/aromatic N) is 1. The van der Waals surface area contributed by atoms with Crippen LogP contribution in [0.15, 0.2) is 0 Å². The van der Waals surface area contributed by atoms with E-state index in [4.69, 9.17) is 22.2 Å². The summed E-state index contributed by atoms with van der Waals surface area (Å²) >= 11 is 12.2. The van der Waals surface area contributed by atoms with Crippen LogP contribution in [0.25, 0.3) is 0 Å². The van der Waals surface area contributed by atoms with Crippen molar-refractivity contribution in [3.05, 3.63) is 0 Å². The Bertz CT molecular complexity index is 175. The number of halogens is 2. The van der Waals surface area contributed by atoms with E-state index in [0.29, 0.717) is 0 Å². The maximum atomic E-state index is 6.11. The van der Waals surface area contributed by atoms with Crippen molar-refractivity contribution in [3.8, 4) is 0 Å². The van der Waals surface area contributed by atoms with Crippen LogP contribution in [-0.4, -0.2) is 24.7 Å². The van der Waals surface area contributed by atoms with Crippen LogP contribution in [0, 0.1) is 5.92 Å². The minimum atomic E-state index is -1.57. The van der Waals surface area contributed by atoms with E-state index in [9.17, 15) is 0 Å². The molecule has 1 aliphatic carbocycles. The molecule has 0 aromatic rings. The molecule has 2 atom stereocenters. The molecule has 2 aliphatic rings. The molecule has 1 aliphatic heterocycles. The lowest BCUT2D eigenvalue weighted by Gasteiger charge is -2.44. The lowest BCUT2D eigenvalue weighted by Crippen LogP contribution is -2.50. The Morgan fingerprint density at radius 2 is 1.69 bits per heavy atom. The largest absolute Gasteiger partial charge is 0.309 e. The predicted molar refractivity (Wildman–Crippen MR) is 60.5 cm³/mol. The molecule has 0 amide bonds. The molecule has 1 saturated carbocycles. The second-order valence-corrected chi connectivity index (χ2v) is 8.64. The number of fused-ring (bicyclic) bond motifs is 1. The smallest absolute Gasteiger partial charge is 0.299 e. The van der Waals surface area contributed by atoms with E-state index in [0.717, 1.165) is 18.5 Å². The van der Waals surface area contributed by atoms with Crippen molar-refractivity contribution in [3.63, 3.8) is 0 Å². The number of hydrogen-bond acceptors (Lipinski definition) is 1. The first-order valence-corrected chi connectivity index (χ1v) is 9.34. The molecule has 4 heteroatoms. The van der Waals surface area contributed by atoms with Gasteiger partial charge in [0.2, 0.25) is 0 Å². The molecule has 0 aromatic carbocycles. The summed E-state index contributed by atoms with van der Waals surface area (Å²) in [5.41, 5.74) is 0. The summed E-state index contributed by atoms with van der Waals surface area (Å²) in [5.74, 6) is 0.912. The van der Waals surface area contributed by atoms with Gasteiger partial charge in [0, 0.05) is 6.04 Å². The van der Waals surface area contributed by atoms with E-state index in [2.05, 4.69) is 4.57 Å². The highest BCUT2D eigenvalue weighted by atomic mass is 35.7. The Balaban J connectivity index is 2.02. The summed E-state index contributed by atoms with van der Waals surface area (Å²) in [4.78, 5) is 0. The van der Waals surface area contributed by atoms with Gasteiger partial charge in [-0.2, -0.15) is 0 Å². The van der Waals surface area contributed by atoms with Crippen molar-refractivity contribution >= 4 is 29.7 Å². The first-order valence-electron chi connectivity index (χ1n) is 5.33. The second kappa shape index (κ2) is 4.52. The molecule has 76 valence electrons. The van der Waals surface area contributed by atoms with Crippen LogP contribution in [0.3, 0.4) is 0 Å². The SMILES string of the molecule is Cl[SiH](Cl)N1CCCC2CCCCC21. The van der Waals surface area contributed by atoms with E-state index in [1.54, 1.807) is 0 Å². The van der Waals surface area contributed by atoms with Crippen LogP contribution < -0.4 is 0 Å². The molecule has 0 radical (unpaired) electrons. The fourth-order valence-corrected chi connectivity index (χ4v) is 5.42. The van der Waals surface area contributed by atoms with Gasteiger partial charge in [-0.05, 0) is 38.1 Å². The summed E-state index contributed by atoms with van der Waals surface area (Å²) in [6, 6.07) is 0.745. The molecule has 2 fully saturated rings. The molecule has 2 unspecified atom stereocenters. The van der Waals surface area contributed by atoms with E-state index >= 15 is 0 Å². The molecule has 1 saturated heterocycles. The second-order valence-electron chi connectivity index (χ2n) is 4.27. The highest BCUT2D eigenvalue weighted by Gasteiger charge is 2.35. The summed E-state index contributed by atoms with van der Waals surface area (Å²) < 4.78 is 2.43. The van der Waals surface area contributed by atoms with Crippen LogP contribution in [0.2, 0.25) is 0 Å². The van der Waals surface area contributed by atoms with Gasteiger partial charge in [0.25, 0.3) is 0 Å². The monoisotopic (exact) mass is 237 g/mol. The number of hydrogen-bond donors (Lipinski definition) is 0. The van der Waals surface area contributed by atoms with Gasteiger partial charge in [-0.3, -0.25) is 4.57 Å². The zero-order chi connectivity index (χ0) is 9.26. The van der Waals surface area contributed by atoms with E-state index in [1.807, 2.05) is 0 Å². The first kappa shape index (κ1) is 10.3. The lowest BCUT2D eigenvalue weighted by molar-refractivity contribution is 0.129. The van der Waals surface area contributed by atoms with E-state index in [-0.39, 0.29) is 0 Å². The molecule has 1 nitrogen and oxygen atoms in total. The minimum absolute atomic E-state index is 0.745. The van der Waals surface area contributed by atoms with Gasteiger partial charge in [0.1, 0.15) is 0 Å². The van der Waals surface area contributed by atoms with Crippen molar-refractivity contribution < 1.29 is 0 Å². The predicted octanol–water partition coefficient (Wildman–Crippen LogP) is 2.84. The van der Waals surface area contributed by atoms with Crippen LogP contribution in [0.1, 0.15) is 38.5 Å². The zero-order valence-electron chi connectivity index (χ0n) is 7.88. The number of piperidine rings is 1. The van der Waals surface area contributed by atoms with Crippen LogP contribution >= 0.6 is 22.2 Å². The average molecular weight is 238 g/mol. The molecule has 1 heterocycles. The molecule has 13 heavy (non-hydrogen) atoms. The summed E-state index contributed by atoms with van der Waals surface area (Å²) in [7, 11) is -1.57. The summed E-state index contributed by atoms with van der Waals surface area (Å²) in [6.07, 6.45) is 8.28. The fourth-order valence-electron chi connectivity index (χ4n) is 2.91. The Morgan fingerprint density at radius 3 is 2.46 bits per heavy atom. The Labute approximate surface area is 91.5 Å². The third-order valence-corrected chi connectivity index (χ3v) is 6.18. The zero-order valence-corrected chi connectivity index (χ0v) is 10.6. The molecular formula is C9H17Cl2NSi. The topological polar surface area (TPSA) is 3.24 Å². The summed E-state index contributed by atoms with van der Waals surface area (Å²) in [6.45, 7) is 1.16. The Morgan fingerprint density at radius 1 is 1.00 bits per heavy atom. The third kappa shape index (κ3) is 2.23. The Kier molecular flexibility index (Phi) is 3.57. The normalized spacial score (nSPS) is 36.2. The maximum absolute atomic E-state index is 6.11. The molecular weight excluding hydrogens is 221 g/mol. The molecule has 2 rings (SSSR count). The van der Waals surface area contributed by atoms with Crippen molar-refractivity contribution in [1.82, 2.24) is 4.57 Å². The van der Waals surface area contributed by atoms with Gasteiger partial charge < -0.3 is 0 Å². The molecule has 0 N–H and O–H groups in total. The van der Waals surface area contributed by atoms with Gasteiger partial charge in [-0.25, -0.2) is 0 Å². The molecule has 0 bridgehead atoms. The maximum Gasteiger partial charge on any atom is 0.309 e. The van der Waals surface area contributed by atoms with Crippen molar-refractivity contribution in [2.75, 3.05) is 6.54 Å². The van der Waals surface area contributed by atoms with Crippen molar-refractivity contribution in [1.29, 1.82) is 0 Å². The third-order valence-electron chi connectivity index (χ3n) is 3.54. The van der Waals surface area contributed by atoms with Crippen LogP contribution in [0.4, 0.5) is 0 Å². The average Bonchev–Trinajstić information content (AvgIpc) is 2.17. The van der Waals surface area contributed by atoms with Gasteiger partial charge >= 0.3 is 7.58 Å². The standard InChI is InChI=1S/C9H17Cl2NSi/c10-13(11)12-7-3-5-8-4-1-2-6-9(8)12/h8-9,13H,1-7H2. The van der Waals surface area contributed by atoms with Crippen molar-refractivity contribution in [2.24, 2.45) is 5.92 Å². The summed E-state index contributed by atoms with van der Waals surface area (Å²) in [5, 5.41) is 0.